The van der Waals surface area contributed by atoms with Gasteiger partial charge in [-0.25, -0.2) is 0 Å². The van der Waals surface area contributed by atoms with E-state index in [1.54, 1.807) is 6.92 Å². The van der Waals surface area contributed by atoms with Crippen LogP contribution in [0.1, 0.15) is 64.7 Å². The molecule has 6 atom stereocenters. The Morgan fingerprint density at radius 2 is 1.74 bits per heavy atom. The average molecular weight is 376 g/mol. The summed E-state index contributed by atoms with van der Waals surface area (Å²) >= 11 is 0. The number of fused-ring (bicyclic) bond motifs is 2. The van der Waals surface area contributed by atoms with Gasteiger partial charge in [0.1, 0.15) is 6.10 Å². The van der Waals surface area contributed by atoms with Crippen molar-refractivity contribution in [1.29, 1.82) is 0 Å². The first-order valence-electron chi connectivity index (χ1n) is 11.0. The molecular weight excluding hydrogens is 344 g/mol. The lowest BCUT2D eigenvalue weighted by Crippen LogP contribution is -2.35. The van der Waals surface area contributed by atoms with Gasteiger partial charge in [-0.1, -0.05) is 6.92 Å². The molecule has 6 rings (SSSR count). The molecule has 0 heterocycles. The van der Waals surface area contributed by atoms with E-state index in [0.29, 0.717) is 17.8 Å². The minimum absolute atomic E-state index is 0.0773. The largest absolute Gasteiger partial charge is 0.462 e. The van der Waals surface area contributed by atoms with Gasteiger partial charge in [-0.15, -0.1) is 0 Å². The second-order valence-electron chi connectivity index (χ2n) is 10.1. The quantitative estimate of drug-likeness (QED) is 0.385. The van der Waals surface area contributed by atoms with E-state index in [1.165, 1.54) is 32.1 Å². The smallest absolute Gasteiger partial charge is 0.311 e. The van der Waals surface area contributed by atoms with Crippen LogP contribution in [0.25, 0.3) is 0 Å². The van der Waals surface area contributed by atoms with Crippen molar-refractivity contribution in [1.82, 2.24) is 0 Å². The molecule has 27 heavy (non-hydrogen) atoms. The fourth-order valence-corrected chi connectivity index (χ4v) is 7.57. The minimum Gasteiger partial charge on any atom is -0.462 e. The first-order valence-corrected chi connectivity index (χ1v) is 11.0. The predicted molar refractivity (Wildman–Crippen MR) is 97.4 cm³/mol. The van der Waals surface area contributed by atoms with Crippen LogP contribution < -0.4 is 0 Å². The zero-order valence-corrected chi connectivity index (χ0v) is 16.4. The normalized spacial score (nSPS) is 46.2. The number of carbonyl (C=O) groups is 2. The van der Waals surface area contributed by atoms with Crippen LogP contribution in [0.3, 0.4) is 0 Å². The molecule has 0 N–H and O–H groups in total. The highest BCUT2D eigenvalue weighted by atomic mass is 16.7. The monoisotopic (exact) mass is 376 g/mol. The van der Waals surface area contributed by atoms with Gasteiger partial charge in [-0.3, -0.25) is 9.59 Å². The molecule has 5 heteroatoms. The molecule has 0 aromatic carbocycles. The molecule has 0 saturated heterocycles. The molecule has 5 nitrogen and oxygen atoms in total. The zero-order valence-electron chi connectivity index (χ0n) is 16.4. The van der Waals surface area contributed by atoms with Crippen LogP contribution in [0, 0.1) is 40.9 Å². The molecule has 6 aliphatic rings. The maximum atomic E-state index is 12.6. The highest BCUT2D eigenvalue weighted by Gasteiger charge is 2.56. The van der Waals surface area contributed by atoms with Crippen molar-refractivity contribution in [2.45, 2.75) is 70.8 Å². The molecule has 0 spiro atoms. The third-order valence-electron chi connectivity index (χ3n) is 8.37. The number of carbonyl (C=O) groups excluding carboxylic acids is 2. The van der Waals surface area contributed by atoms with E-state index in [9.17, 15) is 9.59 Å². The van der Waals surface area contributed by atoms with Gasteiger partial charge in [-0.2, -0.15) is 0 Å². The van der Waals surface area contributed by atoms with E-state index in [0.717, 1.165) is 43.6 Å². The average Bonchev–Trinajstić information content (AvgIpc) is 3.36. The van der Waals surface area contributed by atoms with Crippen LogP contribution in [0.2, 0.25) is 0 Å². The second-order valence-corrected chi connectivity index (χ2v) is 10.1. The molecule has 0 radical (unpaired) electrons. The van der Waals surface area contributed by atoms with Gasteiger partial charge < -0.3 is 14.2 Å². The summed E-state index contributed by atoms with van der Waals surface area (Å²) in [5, 5.41) is 0. The van der Waals surface area contributed by atoms with Crippen LogP contribution in [0.15, 0.2) is 0 Å². The summed E-state index contributed by atoms with van der Waals surface area (Å²) in [4.78, 5) is 24.2. The number of esters is 2. The summed E-state index contributed by atoms with van der Waals surface area (Å²) in [6, 6.07) is 0. The minimum atomic E-state index is -0.164. The Morgan fingerprint density at radius 3 is 2.41 bits per heavy atom. The summed E-state index contributed by atoms with van der Waals surface area (Å²) in [5.41, 5.74) is 0.370. The number of hydrogen-bond donors (Lipinski definition) is 0. The Labute approximate surface area is 161 Å². The van der Waals surface area contributed by atoms with E-state index in [4.69, 9.17) is 14.2 Å². The lowest BCUT2D eigenvalue weighted by molar-refractivity contribution is -0.171. The highest BCUT2D eigenvalue weighted by molar-refractivity contribution is 5.74. The van der Waals surface area contributed by atoms with Crippen molar-refractivity contribution in [3.8, 4) is 0 Å². The van der Waals surface area contributed by atoms with Crippen molar-refractivity contribution < 1.29 is 23.8 Å². The molecule has 0 amide bonds. The van der Waals surface area contributed by atoms with E-state index in [2.05, 4.69) is 0 Å². The molecule has 0 aromatic rings. The predicted octanol–water partition coefficient (Wildman–Crippen LogP) is 3.70. The Bertz CT molecular complexity index is 596. The van der Waals surface area contributed by atoms with E-state index >= 15 is 0 Å². The van der Waals surface area contributed by atoms with Gasteiger partial charge in [0.25, 0.3) is 0 Å². The van der Waals surface area contributed by atoms with Crippen molar-refractivity contribution in [3.05, 3.63) is 0 Å². The van der Waals surface area contributed by atoms with Crippen LogP contribution in [0.4, 0.5) is 0 Å². The fourth-order valence-electron chi connectivity index (χ4n) is 7.57. The Balaban J connectivity index is 1.08. The SMILES string of the molecule is CCC(=O)OC1CC2CC(C(=O)OCOCC34CC5CC(C3)C(C5)C4)C1C2. The summed E-state index contributed by atoms with van der Waals surface area (Å²) in [6.07, 6.45) is 9.88. The molecule has 6 bridgehead atoms. The molecule has 0 aliphatic heterocycles. The Kier molecular flexibility index (Phi) is 4.49. The fraction of sp³-hybridized carbons (Fsp3) is 0.909. The van der Waals surface area contributed by atoms with Crippen molar-refractivity contribution in [2.75, 3.05) is 13.4 Å². The van der Waals surface area contributed by atoms with E-state index in [1.807, 2.05) is 0 Å². The van der Waals surface area contributed by atoms with Crippen molar-refractivity contribution >= 4 is 11.9 Å². The number of hydrogen-bond acceptors (Lipinski definition) is 5. The molecule has 0 aromatic heterocycles. The van der Waals surface area contributed by atoms with E-state index < -0.39 is 0 Å². The molecular formula is C22H32O5. The Morgan fingerprint density at radius 1 is 0.963 bits per heavy atom. The highest BCUT2D eigenvalue weighted by Crippen LogP contribution is 2.64. The Hall–Kier alpha value is -1.10. The molecule has 6 aliphatic carbocycles. The molecule has 6 unspecified atom stereocenters. The van der Waals surface area contributed by atoms with Gasteiger partial charge in [-0.05, 0) is 80.5 Å². The summed E-state index contributed by atoms with van der Waals surface area (Å²) in [5.74, 6) is 2.97. The third-order valence-corrected chi connectivity index (χ3v) is 8.37. The summed E-state index contributed by atoms with van der Waals surface area (Å²) in [7, 11) is 0. The molecule has 150 valence electrons. The zero-order chi connectivity index (χ0) is 18.6. The lowest BCUT2D eigenvalue weighted by Gasteiger charge is -2.38. The molecule has 6 saturated carbocycles. The van der Waals surface area contributed by atoms with Gasteiger partial charge in [0.2, 0.25) is 0 Å². The number of ether oxygens (including phenoxy) is 3. The van der Waals surface area contributed by atoms with Crippen LogP contribution in [-0.2, 0) is 23.8 Å². The van der Waals surface area contributed by atoms with E-state index in [-0.39, 0.29) is 36.7 Å². The van der Waals surface area contributed by atoms with Crippen LogP contribution >= 0.6 is 0 Å². The first kappa shape index (κ1) is 18.0. The first-order chi connectivity index (χ1) is 13.0. The van der Waals surface area contributed by atoms with Crippen LogP contribution in [0.5, 0.6) is 0 Å². The van der Waals surface area contributed by atoms with Gasteiger partial charge in [0.05, 0.1) is 12.5 Å². The third kappa shape index (κ3) is 3.20. The second kappa shape index (κ2) is 6.75. The lowest BCUT2D eigenvalue weighted by atomic mass is 9.70. The van der Waals surface area contributed by atoms with Crippen LogP contribution in [-0.4, -0.2) is 31.4 Å². The van der Waals surface area contributed by atoms with Gasteiger partial charge in [0.15, 0.2) is 6.79 Å². The van der Waals surface area contributed by atoms with Crippen molar-refractivity contribution in [2.24, 2.45) is 40.9 Å². The van der Waals surface area contributed by atoms with Gasteiger partial charge >= 0.3 is 11.9 Å². The number of rotatable bonds is 7. The maximum Gasteiger partial charge on any atom is 0.311 e. The molecule has 6 fully saturated rings. The topological polar surface area (TPSA) is 61.8 Å². The van der Waals surface area contributed by atoms with Gasteiger partial charge in [0, 0.05) is 12.3 Å². The summed E-state index contributed by atoms with van der Waals surface area (Å²) in [6.45, 7) is 2.63. The summed E-state index contributed by atoms with van der Waals surface area (Å²) < 4.78 is 16.9. The maximum absolute atomic E-state index is 12.6. The standard InChI is InChI=1S/C22H32O5/c1-2-20(23)27-19-7-13-5-17(19)18(6-13)21(24)26-12-25-11-22-8-14-3-15(9-22)16(4-14)10-22/h13-19H,2-12H2,1H3. The van der Waals surface area contributed by atoms with Crippen molar-refractivity contribution in [3.63, 3.8) is 0 Å².